The highest BCUT2D eigenvalue weighted by Gasteiger charge is 2.28. The van der Waals surface area contributed by atoms with Crippen molar-refractivity contribution in [1.82, 2.24) is 14.9 Å². The van der Waals surface area contributed by atoms with Crippen molar-refractivity contribution in [3.63, 3.8) is 0 Å². The Labute approximate surface area is 173 Å². The van der Waals surface area contributed by atoms with Gasteiger partial charge in [-0.3, -0.25) is 14.7 Å². The van der Waals surface area contributed by atoms with Gasteiger partial charge in [0, 0.05) is 22.3 Å². The Bertz CT molecular complexity index is 1120. The van der Waals surface area contributed by atoms with E-state index in [1.165, 1.54) is 6.07 Å². The minimum absolute atomic E-state index is 0.167. The van der Waals surface area contributed by atoms with Crippen LogP contribution in [0.1, 0.15) is 23.0 Å². The van der Waals surface area contributed by atoms with Gasteiger partial charge in [-0.2, -0.15) is 0 Å². The Kier molecular flexibility index (Phi) is 5.22. The number of ether oxygens (including phenoxy) is 1. The fourth-order valence-corrected chi connectivity index (χ4v) is 3.36. The molecular formula is C21H20ClN5O2. The fraction of sp³-hybridized carbons (Fsp3) is 0.190. The largest absolute Gasteiger partial charge is 0.496 e. The number of benzene rings is 2. The topological polar surface area (TPSA) is 80.5 Å². The van der Waals surface area contributed by atoms with Gasteiger partial charge in [0.2, 0.25) is 5.95 Å². The SMILES string of the molecule is COc1ccccc1C1NC(=NCc2ccc(Cl)cc2)Nc2nc(C)cc(=O)n21. The molecule has 1 aromatic heterocycles. The van der Waals surface area contributed by atoms with E-state index in [4.69, 9.17) is 16.3 Å². The molecule has 7 nitrogen and oxygen atoms in total. The van der Waals surface area contributed by atoms with Gasteiger partial charge in [0.05, 0.1) is 13.7 Å². The van der Waals surface area contributed by atoms with Gasteiger partial charge in [-0.25, -0.2) is 9.98 Å². The van der Waals surface area contributed by atoms with Crippen LogP contribution in [0.3, 0.4) is 0 Å². The van der Waals surface area contributed by atoms with E-state index in [1.807, 2.05) is 48.5 Å². The molecule has 1 aliphatic heterocycles. The normalized spacial score (nSPS) is 16.7. The van der Waals surface area contributed by atoms with Gasteiger partial charge in [0.15, 0.2) is 5.96 Å². The molecule has 1 atom stereocenters. The second-order valence-corrected chi connectivity index (χ2v) is 7.07. The fourth-order valence-electron chi connectivity index (χ4n) is 3.23. The third-order valence-corrected chi connectivity index (χ3v) is 4.86. The van der Waals surface area contributed by atoms with Gasteiger partial charge >= 0.3 is 0 Å². The van der Waals surface area contributed by atoms with Gasteiger partial charge in [-0.15, -0.1) is 0 Å². The summed E-state index contributed by atoms with van der Waals surface area (Å²) < 4.78 is 7.07. The number of hydrogen-bond donors (Lipinski definition) is 2. The second-order valence-electron chi connectivity index (χ2n) is 6.63. The van der Waals surface area contributed by atoms with Crippen LogP contribution < -0.4 is 20.9 Å². The number of aliphatic imine (C=N–C) groups is 1. The standard InChI is InChI=1S/C21H20ClN5O2/c1-13-11-18(28)27-19(16-5-3-4-6-17(16)29-2)25-20(26-21(27)24-13)23-12-14-7-9-15(22)10-8-14/h3-11,19H,12H2,1-2H3,(H2,23,24,25,26). The van der Waals surface area contributed by atoms with Crippen LogP contribution in [0.15, 0.2) is 64.4 Å². The zero-order valence-corrected chi connectivity index (χ0v) is 16.8. The Morgan fingerprint density at radius 3 is 2.72 bits per heavy atom. The maximum absolute atomic E-state index is 12.7. The number of halogens is 1. The molecular weight excluding hydrogens is 390 g/mol. The lowest BCUT2D eigenvalue weighted by Crippen LogP contribution is -2.48. The Morgan fingerprint density at radius 2 is 1.97 bits per heavy atom. The Hall–Kier alpha value is -3.32. The molecule has 0 saturated heterocycles. The number of aromatic nitrogens is 2. The van der Waals surface area contributed by atoms with E-state index in [2.05, 4.69) is 20.6 Å². The zero-order chi connectivity index (χ0) is 20.4. The molecule has 0 saturated carbocycles. The van der Waals surface area contributed by atoms with Gasteiger partial charge < -0.3 is 10.1 Å². The van der Waals surface area contributed by atoms with Crippen molar-refractivity contribution in [1.29, 1.82) is 0 Å². The van der Waals surface area contributed by atoms with Gasteiger partial charge in [0.25, 0.3) is 5.56 Å². The number of fused-ring (bicyclic) bond motifs is 1. The number of nitrogens with zero attached hydrogens (tertiary/aromatic N) is 3. The van der Waals surface area contributed by atoms with Crippen LogP contribution in [0, 0.1) is 6.92 Å². The maximum atomic E-state index is 12.7. The molecule has 1 unspecified atom stereocenters. The number of rotatable bonds is 4. The predicted molar refractivity (Wildman–Crippen MR) is 114 cm³/mol. The number of guanidine groups is 1. The third kappa shape index (κ3) is 3.95. The van der Waals surface area contributed by atoms with E-state index in [1.54, 1.807) is 18.6 Å². The zero-order valence-electron chi connectivity index (χ0n) is 16.0. The maximum Gasteiger partial charge on any atom is 0.257 e. The van der Waals surface area contributed by atoms with Crippen molar-refractivity contribution in [3.05, 3.63) is 86.8 Å². The first kappa shape index (κ1) is 19.0. The number of methoxy groups -OCH3 is 1. The molecule has 4 rings (SSSR count). The van der Waals surface area contributed by atoms with Gasteiger partial charge in [0.1, 0.15) is 11.9 Å². The van der Waals surface area contributed by atoms with Crippen LogP contribution in [-0.4, -0.2) is 22.6 Å². The van der Waals surface area contributed by atoms with Crippen LogP contribution >= 0.6 is 11.6 Å². The van der Waals surface area contributed by atoms with Crippen LogP contribution in [-0.2, 0) is 6.54 Å². The summed E-state index contributed by atoms with van der Waals surface area (Å²) in [4.78, 5) is 21.9. The minimum atomic E-state index is -0.507. The third-order valence-electron chi connectivity index (χ3n) is 4.61. The van der Waals surface area contributed by atoms with Gasteiger partial charge in [-0.05, 0) is 30.7 Å². The van der Waals surface area contributed by atoms with E-state index in [0.717, 1.165) is 11.1 Å². The molecule has 8 heteroatoms. The first-order chi connectivity index (χ1) is 14.0. The highest BCUT2D eigenvalue weighted by Crippen LogP contribution is 2.28. The summed E-state index contributed by atoms with van der Waals surface area (Å²) in [7, 11) is 1.60. The summed E-state index contributed by atoms with van der Waals surface area (Å²) >= 11 is 5.95. The molecule has 2 aromatic carbocycles. The van der Waals surface area contributed by atoms with Crippen LogP contribution in [0.4, 0.5) is 5.95 Å². The van der Waals surface area contributed by atoms with Crippen molar-refractivity contribution in [3.8, 4) is 5.75 Å². The first-order valence-electron chi connectivity index (χ1n) is 9.10. The Balaban J connectivity index is 1.75. The lowest BCUT2D eigenvalue weighted by atomic mass is 10.1. The van der Waals surface area contributed by atoms with Gasteiger partial charge in [-0.1, -0.05) is 41.9 Å². The number of para-hydroxylation sites is 1. The van der Waals surface area contributed by atoms with E-state index in [0.29, 0.717) is 34.9 Å². The van der Waals surface area contributed by atoms with Crippen molar-refractivity contribution < 1.29 is 4.74 Å². The molecule has 2 heterocycles. The molecule has 0 amide bonds. The van der Waals surface area contributed by atoms with Crippen LogP contribution in [0.5, 0.6) is 5.75 Å². The van der Waals surface area contributed by atoms with E-state index in [-0.39, 0.29) is 5.56 Å². The molecule has 0 bridgehead atoms. The molecule has 0 fully saturated rings. The highest BCUT2D eigenvalue weighted by atomic mass is 35.5. The molecule has 29 heavy (non-hydrogen) atoms. The summed E-state index contributed by atoms with van der Waals surface area (Å²) in [5.41, 5.74) is 2.29. The Morgan fingerprint density at radius 1 is 1.21 bits per heavy atom. The molecule has 0 spiro atoms. The van der Waals surface area contributed by atoms with Crippen LogP contribution in [0.25, 0.3) is 0 Å². The highest BCUT2D eigenvalue weighted by molar-refractivity contribution is 6.30. The summed E-state index contributed by atoms with van der Waals surface area (Å²) in [5.74, 6) is 1.62. The summed E-state index contributed by atoms with van der Waals surface area (Å²) in [5, 5.41) is 7.10. The number of hydrogen-bond acceptors (Lipinski definition) is 4. The van der Waals surface area contributed by atoms with Crippen molar-refractivity contribution in [2.75, 3.05) is 12.4 Å². The monoisotopic (exact) mass is 409 g/mol. The molecule has 3 aromatic rings. The molecule has 2 N–H and O–H groups in total. The number of aryl methyl sites for hydroxylation is 1. The summed E-state index contributed by atoms with van der Waals surface area (Å²) in [6, 6.07) is 16.6. The average Bonchev–Trinajstić information content (AvgIpc) is 2.72. The van der Waals surface area contributed by atoms with E-state index in [9.17, 15) is 4.79 Å². The summed E-state index contributed by atoms with van der Waals surface area (Å²) in [6.45, 7) is 2.23. The quantitative estimate of drug-likeness (QED) is 0.690. The van der Waals surface area contributed by atoms with Crippen molar-refractivity contribution in [2.24, 2.45) is 4.99 Å². The van der Waals surface area contributed by atoms with Crippen LogP contribution in [0.2, 0.25) is 5.02 Å². The number of anilines is 1. The molecule has 1 aliphatic rings. The second kappa shape index (κ2) is 7.97. The average molecular weight is 410 g/mol. The lowest BCUT2D eigenvalue weighted by molar-refractivity contribution is 0.395. The minimum Gasteiger partial charge on any atom is -0.496 e. The molecule has 148 valence electrons. The van der Waals surface area contributed by atoms with E-state index >= 15 is 0 Å². The predicted octanol–water partition coefficient (Wildman–Crippen LogP) is 3.33. The number of nitrogens with one attached hydrogen (secondary N) is 2. The lowest BCUT2D eigenvalue weighted by Gasteiger charge is -2.31. The first-order valence-corrected chi connectivity index (χ1v) is 9.48. The van der Waals surface area contributed by atoms with Crippen molar-refractivity contribution >= 4 is 23.5 Å². The molecule has 0 radical (unpaired) electrons. The van der Waals surface area contributed by atoms with E-state index < -0.39 is 6.17 Å². The smallest absolute Gasteiger partial charge is 0.257 e. The molecule has 0 aliphatic carbocycles. The summed E-state index contributed by atoms with van der Waals surface area (Å²) in [6.07, 6.45) is -0.507. The van der Waals surface area contributed by atoms with Crippen molar-refractivity contribution in [2.45, 2.75) is 19.6 Å².